The number of phenolic OH excluding ortho intramolecular Hbond substituents is 1. The van der Waals surface area contributed by atoms with Gasteiger partial charge in [-0.15, -0.1) is 12.4 Å². The zero-order valence-corrected chi connectivity index (χ0v) is 14.0. The highest BCUT2D eigenvalue weighted by atomic mass is 35.5. The van der Waals surface area contributed by atoms with Gasteiger partial charge in [0, 0.05) is 20.6 Å². The van der Waals surface area contributed by atoms with Gasteiger partial charge in [0.25, 0.3) is 0 Å². The molecule has 8 nitrogen and oxygen atoms in total. The zero-order chi connectivity index (χ0) is 16.0. The van der Waals surface area contributed by atoms with Gasteiger partial charge in [0.1, 0.15) is 0 Å². The fraction of sp³-hybridized carbons (Fsp3) is 0.417. The summed E-state index contributed by atoms with van der Waals surface area (Å²) < 4.78 is 33.4. The van der Waals surface area contributed by atoms with Crippen molar-refractivity contribution >= 4 is 28.8 Å². The monoisotopic (exact) mass is 354 g/mol. The van der Waals surface area contributed by atoms with Crippen LogP contribution in [0.5, 0.6) is 11.5 Å². The van der Waals surface area contributed by atoms with Gasteiger partial charge in [0.05, 0.1) is 7.11 Å². The van der Waals surface area contributed by atoms with Crippen molar-refractivity contribution in [3.05, 3.63) is 23.8 Å². The van der Waals surface area contributed by atoms with Gasteiger partial charge in [-0.05, 0) is 24.1 Å². The quantitative estimate of drug-likeness (QED) is 0.786. The molecule has 0 bridgehead atoms. The number of amides is 1. The summed E-state index contributed by atoms with van der Waals surface area (Å²) in [5.74, 6) is -0.454. The largest absolute Gasteiger partial charge is 0.504 e. The van der Waals surface area contributed by atoms with Gasteiger partial charge in [-0.3, -0.25) is 0 Å². The Bertz CT molecular complexity index is 606. The molecule has 0 fully saturated rings. The number of nitrogens with one attached hydrogen (secondary N) is 1. The highest BCUT2D eigenvalue weighted by Crippen LogP contribution is 2.28. The molecule has 0 atom stereocenters. The van der Waals surface area contributed by atoms with E-state index in [1.807, 2.05) is 0 Å². The molecule has 0 aliphatic carbocycles. The Morgan fingerprint density at radius 2 is 2.00 bits per heavy atom. The fourth-order valence-electron chi connectivity index (χ4n) is 1.35. The topological polar surface area (TPSA) is 105 Å². The summed E-state index contributed by atoms with van der Waals surface area (Å²) in [7, 11) is -0.0550. The van der Waals surface area contributed by atoms with Gasteiger partial charge >= 0.3 is 16.4 Å². The van der Waals surface area contributed by atoms with E-state index in [0.717, 1.165) is 4.31 Å². The van der Waals surface area contributed by atoms with Crippen LogP contribution in [0.2, 0.25) is 0 Å². The summed E-state index contributed by atoms with van der Waals surface area (Å²) >= 11 is 0. The average Bonchev–Trinajstić information content (AvgIpc) is 2.41. The third-order valence-corrected chi connectivity index (χ3v) is 3.82. The van der Waals surface area contributed by atoms with Crippen LogP contribution in [0.15, 0.2) is 18.2 Å². The number of phenols is 1. The first-order valence-electron chi connectivity index (χ1n) is 6.02. The number of alkyl carbamates (subject to hydrolysis) is 1. The van der Waals surface area contributed by atoms with Crippen LogP contribution in [0.25, 0.3) is 0 Å². The zero-order valence-electron chi connectivity index (χ0n) is 12.4. The SMILES string of the molecule is COC(=O)NCCc1ccc(O)c(OS(=O)(=O)N(C)C)c1.Cl. The maximum atomic E-state index is 11.6. The summed E-state index contributed by atoms with van der Waals surface area (Å²) in [6.45, 7) is 0.303. The third-order valence-electron chi connectivity index (χ3n) is 2.53. The lowest BCUT2D eigenvalue weighted by Gasteiger charge is -2.13. The van der Waals surface area contributed by atoms with Crippen molar-refractivity contribution in [1.29, 1.82) is 0 Å². The van der Waals surface area contributed by atoms with E-state index in [1.165, 1.54) is 33.3 Å². The standard InChI is InChI=1S/C12H18N2O6S.ClH/c1-14(2)21(17,18)20-11-8-9(4-5-10(11)15)6-7-13-12(16)19-3;/h4-5,8,15H,6-7H2,1-3H3,(H,13,16);1H. The predicted molar refractivity (Wildman–Crippen MR) is 82.7 cm³/mol. The van der Waals surface area contributed by atoms with Crippen LogP contribution in [-0.2, 0) is 21.5 Å². The molecule has 0 aliphatic rings. The highest BCUT2D eigenvalue weighted by Gasteiger charge is 2.18. The molecule has 0 heterocycles. The molecule has 0 aromatic heterocycles. The first-order valence-corrected chi connectivity index (χ1v) is 7.38. The van der Waals surface area contributed by atoms with E-state index in [-0.39, 0.29) is 23.9 Å². The molecule has 0 aliphatic heterocycles. The first kappa shape index (κ1) is 20.3. The Hall–Kier alpha value is -1.71. The number of halogens is 1. The lowest BCUT2D eigenvalue weighted by molar-refractivity contribution is 0.171. The Kier molecular flexibility index (Phi) is 7.99. The van der Waals surface area contributed by atoms with E-state index in [1.54, 1.807) is 6.07 Å². The maximum Gasteiger partial charge on any atom is 0.406 e. The molecular weight excluding hydrogens is 336 g/mol. The molecule has 0 unspecified atom stereocenters. The predicted octanol–water partition coefficient (Wildman–Crippen LogP) is 0.898. The Morgan fingerprint density at radius 3 is 2.55 bits per heavy atom. The number of rotatable bonds is 6. The van der Waals surface area contributed by atoms with Gasteiger partial charge in [0.15, 0.2) is 11.5 Å². The molecule has 1 amide bonds. The van der Waals surface area contributed by atoms with Crippen LogP contribution in [-0.4, -0.2) is 51.7 Å². The minimum Gasteiger partial charge on any atom is -0.504 e. The number of ether oxygens (including phenoxy) is 1. The molecule has 1 aromatic rings. The molecule has 1 aromatic carbocycles. The van der Waals surface area contributed by atoms with Crippen LogP contribution in [0.4, 0.5) is 4.79 Å². The van der Waals surface area contributed by atoms with E-state index < -0.39 is 16.4 Å². The third kappa shape index (κ3) is 5.96. The van der Waals surface area contributed by atoms with Crippen molar-refractivity contribution in [1.82, 2.24) is 9.62 Å². The van der Waals surface area contributed by atoms with Crippen LogP contribution < -0.4 is 9.50 Å². The lowest BCUT2D eigenvalue weighted by Crippen LogP contribution is -2.27. The minimum atomic E-state index is -3.94. The summed E-state index contributed by atoms with van der Waals surface area (Å²) in [6, 6.07) is 4.33. The van der Waals surface area contributed by atoms with Crippen molar-refractivity contribution in [2.45, 2.75) is 6.42 Å². The Balaban J connectivity index is 0.00000441. The molecule has 126 valence electrons. The van der Waals surface area contributed by atoms with Gasteiger partial charge in [0.2, 0.25) is 0 Å². The second-order valence-corrected chi connectivity index (χ2v) is 6.05. The van der Waals surface area contributed by atoms with E-state index in [4.69, 9.17) is 4.18 Å². The van der Waals surface area contributed by atoms with Gasteiger partial charge in [-0.25, -0.2) is 4.79 Å². The smallest absolute Gasteiger partial charge is 0.406 e. The number of carbonyl (C=O) groups is 1. The Morgan fingerprint density at radius 1 is 1.36 bits per heavy atom. The van der Waals surface area contributed by atoms with Crippen molar-refractivity contribution < 1.29 is 27.2 Å². The highest BCUT2D eigenvalue weighted by molar-refractivity contribution is 7.84. The molecule has 2 N–H and O–H groups in total. The number of hydrogen-bond acceptors (Lipinski definition) is 6. The lowest BCUT2D eigenvalue weighted by atomic mass is 10.1. The maximum absolute atomic E-state index is 11.6. The van der Waals surface area contributed by atoms with Gasteiger partial charge in [-0.2, -0.15) is 12.7 Å². The summed E-state index contributed by atoms with van der Waals surface area (Å²) in [4.78, 5) is 10.9. The molecule has 0 radical (unpaired) electrons. The second-order valence-electron chi connectivity index (χ2n) is 4.29. The number of methoxy groups -OCH3 is 1. The van der Waals surface area contributed by atoms with Crippen LogP contribution in [0.1, 0.15) is 5.56 Å². The van der Waals surface area contributed by atoms with Gasteiger partial charge in [-0.1, -0.05) is 6.07 Å². The normalized spacial score (nSPS) is 10.7. The van der Waals surface area contributed by atoms with Crippen LogP contribution in [0.3, 0.4) is 0 Å². The van der Waals surface area contributed by atoms with Gasteiger partial charge < -0.3 is 19.3 Å². The molecule has 1 rings (SSSR count). The average molecular weight is 355 g/mol. The number of nitrogens with zero attached hydrogens (tertiary/aromatic N) is 1. The minimum absolute atomic E-state index is 0. The fourth-order valence-corrected chi connectivity index (χ4v) is 1.86. The number of benzene rings is 1. The van der Waals surface area contributed by atoms with Crippen molar-refractivity contribution in [2.24, 2.45) is 0 Å². The van der Waals surface area contributed by atoms with E-state index in [0.29, 0.717) is 18.5 Å². The molecule has 0 spiro atoms. The summed E-state index contributed by atoms with van der Waals surface area (Å²) in [5.41, 5.74) is 0.688. The Labute approximate surface area is 135 Å². The number of hydrogen-bond donors (Lipinski definition) is 2. The molecule has 10 heteroatoms. The molecule has 0 saturated carbocycles. The van der Waals surface area contributed by atoms with Crippen LogP contribution in [0, 0.1) is 0 Å². The second kappa shape index (κ2) is 8.66. The van der Waals surface area contributed by atoms with Crippen LogP contribution >= 0.6 is 12.4 Å². The number of aromatic hydroxyl groups is 1. The summed E-state index contributed by atoms with van der Waals surface area (Å²) in [5, 5.41) is 12.1. The first-order chi connectivity index (χ1) is 9.76. The molecule has 0 saturated heterocycles. The van der Waals surface area contributed by atoms with Crippen molar-refractivity contribution in [3.8, 4) is 11.5 Å². The van der Waals surface area contributed by atoms with E-state index in [9.17, 15) is 18.3 Å². The summed E-state index contributed by atoms with van der Waals surface area (Å²) in [6.07, 6.45) is -0.131. The van der Waals surface area contributed by atoms with E-state index >= 15 is 0 Å². The molecular formula is C12H19ClN2O6S. The van der Waals surface area contributed by atoms with Crippen molar-refractivity contribution in [3.63, 3.8) is 0 Å². The van der Waals surface area contributed by atoms with Crippen molar-refractivity contribution in [2.75, 3.05) is 27.7 Å². The molecule has 22 heavy (non-hydrogen) atoms. The number of carbonyl (C=O) groups excluding carboxylic acids is 1. The van der Waals surface area contributed by atoms with E-state index in [2.05, 4.69) is 10.1 Å².